The molecule has 0 bridgehead atoms. The lowest BCUT2D eigenvalue weighted by atomic mass is 10.3. The Bertz CT molecular complexity index is 495. The van der Waals surface area contributed by atoms with E-state index >= 15 is 0 Å². The minimum atomic E-state index is 0.0193. The number of ether oxygens (including phenoxy) is 1. The molecule has 0 unspecified atom stereocenters. The van der Waals surface area contributed by atoms with Gasteiger partial charge in [-0.15, -0.1) is 0 Å². The lowest BCUT2D eigenvalue weighted by Gasteiger charge is -2.08. The van der Waals surface area contributed by atoms with Crippen LogP contribution in [0.2, 0.25) is 0 Å². The Morgan fingerprint density at radius 1 is 1.47 bits per heavy atom. The normalized spacial score (nSPS) is 8.71. The molecule has 0 spiro atoms. The Kier molecular flexibility index (Phi) is 5.06. The number of nitrogens with zero attached hydrogens (tertiary/aromatic N) is 2. The number of nitriles is 2. The predicted octanol–water partition coefficient (Wildman–Crippen LogP) is 3.19. The summed E-state index contributed by atoms with van der Waals surface area (Å²) >= 11 is 3.37. The van der Waals surface area contributed by atoms with E-state index in [2.05, 4.69) is 21.2 Å². The Balaban J connectivity index is 2.87. The van der Waals surface area contributed by atoms with Crippen molar-refractivity contribution >= 4 is 21.6 Å². The maximum Gasteiger partial charge on any atom is 0.145 e. The first-order valence-corrected chi connectivity index (χ1v) is 5.69. The molecule has 0 atom stereocenters. The highest BCUT2D eigenvalue weighted by Gasteiger charge is 2.01. The molecule has 0 saturated heterocycles. The fraction of sp³-hybridized carbons (Fsp3) is 0.167. The van der Waals surface area contributed by atoms with Crippen molar-refractivity contribution < 1.29 is 4.74 Å². The second-order valence-electron chi connectivity index (χ2n) is 3.00. The molecule has 0 aliphatic heterocycles. The summed E-state index contributed by atoms with van der Waals surface area (Å²) in [6.45, 7) is 2.47. The smallest absolute Gasteiger partial charge is 0.145 e. The van der Waals surface area contributed by atoms with E-state index in [1.54, 1.807) is 18.2 Å². The van der Waals surface area contributed by atoms with Gasteiger partial charge in [0.15, 0.2) is 0 Å². The zero-order valence-corrected chi connectivity index (χ0v) is 10.8. The van der Waals surface area contributed by atoms with E-state index in [4.69, 9.17) is 15.3 Å². The molecule has 5 heteroatoms. The Labute approximate surface area is 108 Å². The van der Waals surface area contributed by atoms with Crippen molar-refractivity contribution in [2.45, 2.75) is 6.92 Å². The summed E-state index contributed by atoms with van der Waals surface area (Å²) in [6, 6.07) is 8.98. The average molecular weight is 292 g/mol. The Hall–Kier alpha value is -1.98. The van der Waals surface area contributed by atoms with Gasteiger partial charge in [-0.05, 0) is 35.0 Å². The van der Waals surface area contributed by atoms with Crippen LogP contribution in [-0.2, 0) is 0 Å². The summed E-state index contributed by atoms with van der Waals surface area (Å²) in [6.07, 6.45) is 1.36. The molecule has 1 N–H and O–H groups in total. The fourth-order valence-electron chi connectivity index (χ4n) is 1.10. The van der Waals surface area contributed by atoms with Gasteiger partial charge in [0.25, 0.3) is 0 Å². The highest BCUT2D eigenvalue weighted by Crippen LogP contribution is 2.28. The number of hydrogen-bond donors (Lipinski definition) is 1. The van der Waals surface area contributed by atoms with Crippen molar-refractivity contribution in [2.75, 3.05) is 11.9 Å². The van der Waals surface area contributed by atoms with Crippen LogP contribution in [0.5, 0.6) is 5.75 Å². The molecule has 1 aromatic carbocycles. The summed E-state index contributed by atoms with van der Waals surface area (Å²) in [5.41, 5.74) is 0.769. The summed E-state index contributed by atoms with van der Waals surface area (Å²) in [5, 5.41) is 20.0. The molecule has 0 heterocycles. The maximum absolute atomic E-state index is 8.57. The van der Waals surface area contributed by atoms with Crippen LogP contribution in [-0.4, -0.2) is 6.61 Å². The third-order valence-corrected chi connectivity index (χ3v) is 2.51. The third kappa shape index (κ3) is 3.82. The summed E-state index contributed by atoms with van der Waals surface area (Å²) < 4.78 is 6.26. The third-order valence-electron chi connectivity index (χ3n) is 1.86. The van der Waals surface area contributed by atoms with Crippen LogP contribution in [0, 0.1) is 22.7 Å². The molecule has 1 rings (SSSR count). The molecule has 17 heavy (non-hydrogen) atoms. The molecule has 86 valence electrons. The van der Waals surface area contributed by atoms with Crippen LogP contribution in [0.1, 0.15) is 6.92 Å². The molecule has 0 aliphatic rings. The van der Waals surface area contributed by atoms with Crippen LogP contribution >= 0.6 is 15.9 Å². The minimum Gasteiger partial charge on any atom is -0.493 e. The topological polar surface area (TPSA) is 68.8 Å². The van der Waals surface area contributed by atoms with E-state index < -0.39 is 0 Å². The monoisotopic (exact) mass is 291 g/mol. The van der Waals surface area contributed by atoms with E-state index in [0.717, 1.165) is 10.2 Å². The lowest BCUT2D eigenvalue weighted by Crippen LogP contribution is -1.95. The molecule has 0 amide bonds. The van der Waals surface area contributed by atoms with Gasteiger partial charge in [0.05, 0.1) is 11.1 Å². The quantitative estimate of drug-likeness (QED) is 0.865. The fourth-order valence-corrected chi connectivity index (χ4v) is 1.47. The van der Waals surface area contributed by atoms with Gasteiger partial charge in [0.2, 0.25) is 0 Å². The highest BCUT2D eigenvalue weighted by molar-refractivity contribution is 9.10. The van der Waals surface area contributed by atoms with Crippen LogP contribution in [0.15, 0.2) is 34.4 Å². The second kappa shape index (κ2) is 6.57. The zero-order chi connectivity index (χ0) is 12.7. The van der Waals surface area contributed by atoms with Crippen molar-refractivity contribution in [2.24, 2.45) is 0 Å². The first kappa shape index (κ1) is 13.1. The highest BCUT2D eigenvalue weighted by atomic mass is 79.9. The van der Waals surface area contributed by atoms with Gasteiger partial charge in [0, 0.05) is 18.0 Å². The van der Waals surface area contributed by atoms with Gasteiger partial charge < -0.3 is 10.1 Å². The number of benzene rings is 1. The molecule has 0 radical (unpaired) electrons. The van der Waals surface area contributed by atoms with Gasteiger partial charge in [-0.2, -0.15) is 10.5 Å². The van der Waals surface area contributed by atoms with Crippen LogP contribution < -0.4 is 10.1 Å². The van der Waals surface area contributed by atoms with Gasteiger partial charge in [-0.3, -0.25) is 0 Å². The SMILES string of the molecule is CCOc1cc(NC=C(C#N)C#N)ccc1Br. The minimum absolute atomic E-state index is 0.0193. The van der Waals surface area contributed by atoms with Gasteiger partial charge in [-0.1, -0.05) is 0 Å². The van der Waals surface area contributed by atoms with E-state index in [9.17, 15) is 0 Å². The Morgan fingerprint density at radius 3 is 2.76 bits per heavy atom. The van der Waals surface area contributed by atoms with Crippen LogP contribution in [0.25, 0.3) is 0 Å². The lowest BCUT2D eigenvalue weighted by molar-refractivity contribution is 0.338. The molecular weight excluding hydrogens is 282 g/mol. The number of rotatable bonds is 4. The summed E-state index contributed by atoms with van der Waals surface area (Å²) in [4.78, 5) is 0. The van der Waals surface area contributed by atoms with Gasteiger partial charge in [-0.25, -0.2) is 0 Å². The molecule has 0 saturated carbocycles. The van der Waals surface area contributed by atoms with E-state index in [1.807, 2.05) is 19.1 Å². The molecule has 4 nitrogen and oxygen atoms in total. The second-order valence-corrected chi connectivity index (χ2v) is 3.86. The molecular formula is C12H10BrN3O. The van der Waals surface area contributed by atoms with Gasteiger partial charge in [0.1, 0.15) is 23.5 Å². The van der Waals surface area contributed by atoms with Gasteiger partial charge >= 0.3 is 0 Å². The zero-order valence-electron chi connectivity index (χ0n) is 9.20. The molecule has 0 aromatic heterocycles. The number of nitrogens with one attached hydrogen (secondary N) is 1. The summed E-state index contributed by atoms with van der Waals surface area (Å²) in [7, 11) is 0. The maximum atomic E-state index is 8.57. The van der Waals surface area contributed by atoms with Crippen molar-refractivity contribution in [1.82, 2.24) is 0 Å². The number of anilines is 1. The van der Waals surface area contributed by atoms with Crippen molar-refractivity contribution in [3.05, 3.63) is 34.4 Å². The van der Waals surface area contributed by atoms with Crippen LogP contribution in [0.4, 0.5) is 5.69 Å². The summed E-state index contributed by atoms with van der Waals surface area (Å²) in [5.74, 6) is 0.710. The van der Waals surface area contributed by atoms with E-state index in [1.165, 1.54) is 6.20 Å². The largest absolute Gasteiger partial charge is 0.493 e. The van der Waals surface area contributed by atoms with E-state index in [-0.39, 0.29) is 5.57 Å². The first-order valence-electron chi connectivity index (χ1n) is 4.90. The van der Waals surface area contributed by atoms with Crippen LogP contribution in [0.3, 0.4) is 0 Å². The average Bonchev–Trinajstić information content (AvgIpc) is 2.34. The van der Waals surface area contributed by atoms with Crippen molar-refractivity contribution in [3.8, 4) is 17.9 Å². The number of allylic oxidation sites excluding steroid dienone is 1. The number of halogens is 1. The van der Waals surface area contributed by atoms with Crippen molar-refractivity contribution in [1.29, 1.82) is 10.5 Å². The molecule has 1 aromatic rings. The van der Waals surface area contributed by atoms with E-state index in [0.29, 0.717) is 12.4 Å². The standard InChI is InChI=1S/C12H10BrN3O/c1-2-17-12-5-10(3-4-11(12)13)16-8-9(6-14)7-15/h3-5,8,16H,2H2,1H3. The molecule has 0 aliphatic carbocycles. The van der Waals surface area contributed by atoms with Crippen molar-refractivity contribution in [3.63, 3.8) is 0 Å². The number of hydrogen-bond acceptors (Lipinski definition) is 4. The first-order chi connectivity index (χ1) is 8.21. The Morgan fingerprint density at radius 2 is 2.18 bits per heavy atom. The molecule has 0 fully saturated rings. The predicted molar refractivity (Wildman–Crippen MR) is 68.2 cm³/mol.